The van der Waals surface area contributed by atoms with E-state index in [0.717, 1.165) is 28.7 Å². The minimum atomic E-state index is 0.0951. The van der Waals surface area contributed by atoms with Gasteiger partial charge < -0.3 is 5.11 Å². The first-order valence-electron chi connectivity index (χ1n) is 7.46. The highest BCUT2D eigenvalue weighted by Crippen LogP contribution is 2.38. The van der Waals surface area contributed by atoms with Gasteiger partial charge >= 0.3 is 0 Å². The lowest BCUT2D eigenvalue weighted by atomic mass is 9.91. The van der Waals surface area contributed by atoms with E-state index in [2.05, 4.69) is 29.4 Å². The summed E-state index contributed by atoms with van der Waals surface area (Å²) >= 11 is 0. The van der Waals surface area contributed by atoms with Crippen LogP contribution in [0.4, 0.5) is 0 Å². The Morgan fingerprint density at radius 1 is 1.14 bits per heavy atom. The molecule has 4 nitrogen and oxygen atoms in total. The molecule has 0 spiro atoms. The summed E-state index contributed by atoms with van der Waals surface area (Å²) in [7, 11) is 0. The van der Waals surface area contributed by atoms with Gasteiger partial charge in [-0.15, -0.1) is 5.10 Å². The van der Waals surface area contributed by atoms with Crippen LogP contribution in [0.1, 0.15) is 30.5 Å². The standard InChI is InChI=1S/C18H19N3O/c1-3-16(21-12-11-19-20-21)14-8-4-5-9-15(14)18-13(2)7-6-10-17(18)22/h4-12,16,22H,3H2,1-2H3. The number of hydrogen-bond acceptors (Lipinski definition) is 3. The first-order valence-corrected chi connectivity index (χ1v) is 7.46. The molecule has 0 fully saturated rings. The summed E-state index contributed by atoms with van der Waals surface area (Å²) < 4.78 is 1.87. The van der Waals surface area contributed by atoms with Crippen LogP contribution in [0, 0.1) is 6.92 Å². The highest BCUT2D eigenvalue weighted by atomic mass is 16.3. The molecule has 0 saturated heterocycles. The number of rotatable bonds is 4. The molecule has 0 saturated carbocycles. The van der Waals surface area contributed by atoms with Crippen LogP contribution in [0.5, 0.6) is 5.75 Å². The van der Waals surface area contributed by atoms with Gasteiger partial charge in [-0.3, -0.25) is 0 Å². The number of nitrogens with zero attached hydrogens (tertiary/aromatic N) is 3. The van der Waals surface area contributed by atoms with Crippen molar-refractivity contribution in [3.8, 4) is 16.9 Å². The molecule has 2 aromatic carbocycles. The maximum absolute atomic E-state index is 10.3. The van der Waals surface area contributed by atoms with Gasteiger partial charge in [0.15, 0.2) is 0 Å². The number of aryl methyl sites for hydroxylation is 1. The van der Waals surface area contributed by atoms with E-state index in [9.17, 15) is 5.11 Å². The van der Waals surface area contributed by atoms with Crippen molar-refractivity contribution in [3.05, 3.63) is 66.0 Å². The van der Waals surface area contributed by atoms with E-state index < -0.39 is 0 Å². The van der Waals surface area contributed by atoms with Crippen molar-refractivity contribution in [2.45, 2.75) is 26.3 Å². The average molecular weight is 293 g/mol. The second kappa shape index (κ2) is 6.02. The van der Waals surface area contributed by atoms with E-state index in [1.54, 1.807) is 12.3 Å². The van der Waals surface area contributed by atoms with Gasteiger partial charge in [-0.25, -0.2) is 4.68 Å². The Morgan fingerprint density at radius 2 is 1.95 bits per heavy atom. The SMILES string of the molecule is CCC(c1ccccc1-c1c(C)cccc1O)n1ccnn1. The van der Waals surface area contributed by atoms with Crippen LogP contribution in [0.15, 0.2) is 54.9 Å². The monoisotopic (exact) mass is 293 g/mol. The van der Waals surface area contributed by atoms with Gasteiger partial charge in [0.05, 0.1) is 12.2 Å². The molecule has 1 N–H and O–H groups in total. The number of aromatic nitrogens is 3. The molecule has 1 aromatic heterocycles. The lowest BCUT2D eigenvalue weighted by Crippen LogP contribution is -2.12. The van der Waals surface area contributed by atoms with Gasteiger partial charge in [-0.2, -0.15) is 0 Å². The van der Waals surface area contributed by atoms with E-state index in [-0.39, 0.29) is 6.04 Å². The molecule has 112 valence electrons. The molecule has 22 heavy (non-hydrogen) atoms. The fraction of sp³-hybridized carbons (Fsp3) is 0.222. The van der Waals surface area contributed by atoms with Gasteiger partial charge in [-0.1, -0.05) is 48.5 Å². The van der Waals surface area contributed by atoms with Gasteiger partial charge in [-0.05, 0) is 36.1 Å². The van der Waals surface area contributed by atoms with Crippen molar-refractivity contribution in [3.63, 3.8) is 0 Å². The Balaban J connectivity index is 2.19. The predicted octanol–water partition coefficient (Wildman–Crippen LogP) is 3.96. The van der Waals surface area contributed by atoms with E-state index >= 15 is 0 Å². The number of aromatic hydroxyl groups is 1. The van der Waals surface area contributed by atoms with Crippen molar-refractivity contribution in [1.29, 1.82) is 0 Å². The predicted molar refractivity (Wildman–Crippen MR) is 86.7 cm³/mol. The Bertz CT molecular complexity index is 746. The summed E-state index contributed by atoms with van der Waals surface area (Å²) in [5.74, 6) is 0.306. The molecular weight excluding hydrogens is 274 g/mol. The molecule has 0 aliphatic heterocycles. The second-order valence-electron chi connectivity index (χ2n) is 5.36. The van der Waals surface area contributed by atoms with Crippen LogP contribution in [-0.4, -0.2) is 20.1 Å². The molecule has 3 aromatic rings. The van der Waals surface area contributed by atoms with Crippen LogP contribution >= 0.6 is 0 Å². The third-order valence-corrected chi connectivity index (χ3v) is 3.99. The van der Waals surface area contributed by atoms with Crippen molar-refractivity contribution in [2.24, 2.45) is 0 Å². The van der Waals surface area contributed by atoms with Crippen LogP contribution in [-0.2, 0) is 0 Å². The van der Waals surface area contributed by atoms with Crippen molar-refractivity contribution in [2.75, 3.05) is 0 Å². The largest absolute Gasteiger partial charge is 0.507 e. The zero-order valence-corrected chi connectivity index (χ0v) is 12.8. The summed E-state index contributed by atoms with van der Waals surface area (Å²) in [5, 5.41) is 18.4. The molecule has 1 atom stereocenters. The molecule has 0 radical (unpaired) electrons. The topological polar surface area (TPSA) is 50.9 Å². The fourth-order valence-corrected chi connectivity index (χ4v) is 2.95. The lowest BCUT2D eigenvalue weighted by molar-refractivity contribution is 0.475. The molecule has 4 heteroatoms. The fourth-order valence-electron chi connectivity index (χ4n) is 2.95. The van der Waals surface area contributed by atoms with Crippen LogP contribution in [0.2, 0.25) is 0 Å². The molecule has 1 heterocycles. The number of hydrogen-bond donors (Lipinski definition) is 1. The highest BCUT2D eigenvalue weighted by molar-refractivity contribution is 5.76. The van der Waals surface area contributed by atoms with E-state index in [0.29, 0.717) is 5.75 Å². The summed E-state index contributed by atoms with van der Waals surface area (Å²) in [4.78, 5) is 0. The molecule has 3 rings (SSSR count). The maximum atomic E-state index is 10.3. The molecular formula is C18H19N3O. The summed E-state index contributed by atoms with van der Waals surface area (Å²) in [5.41, 5.74) is 4.12. The third kappa shape index (κ3) is 2.48. The van der Waals surface area contributed by atoms with Crippen LogP contribution < -0.4 is 0 Å². The molecule has 0 amide bonds. The molecule has 1 unspecified atom stereocenters. The molecule has 0 aliphatic rings. The van der Waals surface area contributed by atoms with Crippen LogP contribution in [0.25, 0.3) is 11.1 Å². The zero-order chi connectivity index (χ0) is 15.5. The van der Waals surface area contributed by atoms with E-state index in [1.807, 2.05) is 42.1 Å². The Labute approximate surface area is 130 Å². The highest BCUT2D eigenvalue weighted by Gasteiger charge is 2.19. The quantitative estimate of drug-likeness (QED) is 0.792. The first kappa shape index (κ1) is 14.3. The number of phenols is 1. The minimum absolute atomic E-state index is 0.0951. The van der Waals surface area contributed by atoms with Gasteiger partial charge in [0.2, 0.25) is 0 Å². The van der Waals surface area contributed by atoms with E-state index in [1.165, 1.54) is 0 Å². The summed E-state index contributed by atoms with van der Waals surface area (Å²) in [6.45, 7) is 4.14. The smallest absolute Gasteiger partial charge is 0.123 e. The lowest BCUT2D eigenvalue weighted by Gasteiger charge is -2.20. The average Bonchev–Trinajstić information content (AvgIpc) is 3.03. The summed E-state index contributed by atoms with van der Waals surface area (Å²) in [6, 6.07) is 13.9. The third-order valence-electron chi connectivity index (χ3n) is 3.99. The normalized spacial score (nSPS) is 12.3. The number of phenolic OH excluding ortho intramolecular Hbond substituents is 1. The Kier molecular flexibility index (Phi) is 3.92. The van der Waals surface area contributed by atoms with E-state index in [4.69, 9.17) is 0 Å². The van der Waals surface area contributed by atoms with Gasteiger partial charge in [0, 0.05) is 11.8 Å². The van der Waals surface area contributed by atoms with Gasteiger partial charge in [0.1, 0.15) is 5.75 Å². The zero-order valence-electron chi connectivity index (χ0n) is 12.8. The maximum Gasteiger partial charge on any atom is 0.123 e. The Morgan fingerprint density at radius 3 is 2.64 bits per heavy atom. The summed E-state index contributed by atoms with van der Waals surface area (Å²) in [6.07, 6.45) is 4.46. The molecule has 0 aliphatic carbocycles. The molecule has 0 bridgehead atoms. The van der Waals surface area contributed by atoms with Gasteiger partial charge in [0.25, 0.3) is 0 Å². The van der Waals surface area contributed by atoms with Crippen molar-refractivity contribution >= 4 is 0 Å². The van der Waals surface area contributed by atoms with Crippen molar-refractivity contribution < 1.29 is 5.11 Å². The Hall–Kier alpha value is -2.62. The minimum Gasteiger partial charge on any atom is -0.507 e. The first-order chi connectivity index (χ1) is 10.7. The number of benzene rings is 2. The second-order valence-corrected chi connectivity index (χ2v) is 5.36. The van der Waals surface area contributed by atoms with Crippen LogP contribution in [0.3, 0.4) is 0 Å². The van der Waals surface area contributed by atoms with Crippen molar-refractivity contribution in [1.82, 2.24) is 15.0 Å².